The van der Waals surface area contributed by atoms with Gasteiger partial charge in [-0.1, -0.05) is 71.6 Å². The number of amides is 1. The van der Waals surface area contributed by atoms with Crippen molar-refractivity contribution in [1.82, 2.24) is 5.32 Å². The van der Waals surface area contributed by atoms with Crippen molar-refractivity contribution in [3.63, 3.8) is 0 Å². The third-order valence-electron chi connectivity index (χ3n) is 5.97. The van der Waals surface area contributed by atoms with Crippen molar-refractivity contribution in [2.75, 3.05) is 0 Å². The van der Waals surface area contributed by atoms with E-state index in [1.807, 2.05) is 0 Å². The van der Waals surface area contributed by atoms with Crippen LogP contribution in [0.25, 0.3) is 0 Å². The SMILES string of the molecule is CC1CCCC(NC(=O)C2CCCCC(C)CCC2)CCC1. The Labute approximate surface area is 137 Å². The molecular formula is C20H37NO. The molecule has 2 saturated carbocycles. The van der Waals surface area contributed by atoms with E-state index in [1.54, 1.807) is 0 Å². The highest BCUT2D eigenvalue weighted by atomic mass is 16.1. The molecule has 2 fully saturated rings. The second-order valence-corrected chi connectivity index (χ2v) is 8.19. The Morgan fingerprint density at radius 2 is 1.14 bits per heavy atom. The number of carbonyl (C=O) groups excluding carboxylic acids is 1. The van der Waals surface area contributed by atoms with Gasteiger partial charge in [0.1, 0.15) is 0 Å². The van der Waals surface area contributed by atoms with Gasteiger partial charge < -0.3 is 5.32 Å². The van der Waals surface area contributed by atoms with Crippen LogP contribution in [0.1, 0.15) is 97.3 Å². The Morgan fingerprint density at radius 3 is 1.77 bits per heavy atom. The van der Waals surface area contributed by atoms with Gasteiger partial charge >= 0.3 is 0 Å². The van der Waals surface area contributed by atoms with E-state index in [9.17, 15) is 4.79 Å². The lowest BCUT2D eigenvalue weighted by Gasteiger charge is -2.26. The average Bonchev–Trinajstić information content (AvgIpc) is 2.56. The third kappa shape index (κ3) is 6.30. The second-order valence-electron chi connectivity index (χ2n) is 8.19. The first kappa shape index (κ1) is 17.8. The molecule has 2 heteroatoms. The van der Waals surface area contributed by atoms with Gasteiger partial charge in [-0.05, 0) is 37.5 Å². The number of hydrogen-bond donors (Lipinski definition) is 1. The molecule has 2 rings (SSSR count). The maximum Gasteiger partial charge on any atom is 0.223 e. The highest BCUT2D eigenvalue weighted by Gasteiger charge is 2.23. The number of hydrogen-bond acceptors (Lipinski definition) is 1. The van der Waals surface area contributed by atoms with Crippen LogP contribution >= 0.6 is 0 Å². The van der Waals surface area contributed by atoms with E-state index >= 15 is 0 Å². The van der Waals surface area contributed by atoms with Gasteiger partial charge in [0.25, 0.3) is 0 Å². The van der Waals surface area contributed by atoms with Crippen LogP contribution in [0, 0.1) is 17.8 Å². The van der Waals surface area contributed by atoms with Crippen molar-refractivity contribution < 1.29 is 4.79 Å². The lowest BCUT2D eigenvalue weighted by Crippen LogP contribution is -2.39. The fraction of sp³-hybridized carbons (Fsp3) is 0.950. The van der Waals surface area contributed by atoms with Gasteiger partial charge in [0.15, 0.2) is 0 Å². The highest BCUT2D eigenvalue weighted by molar-refractivity contribution is 5.78. The molecule has 2 unspecified atom stereocenters. The van der Waals surface area contributed by atoms with E-state index in [-0.39, 0.29) is 5.92 Å². The zero-order valence-corrected chi connectivity index (χ0v) is 14.9. The molecule has 0 bridgehead atoms. The smallest absolute Gasteiger partial charge is 0.223 e. The third-order valence-corrected chi connectivity index (χ3v) is 5.97. The van der Waals surface area contributed by atoms with Gasteiger partial charge in [-0.25, -0.2) is 0 Å². The first-order valence-electron chi connectivity index (χ1n) is 9.95. The maximum atomic E-state index is 12.7. The molecule has 0 aromatic carbocycles. The molecular weight excluding hydrogens is 270 g/mol. The van der Waals surface area contributed by atoms with Crippen LogP contribution in [-0.2, 0) is 4.79 Å². The standard InChI is InChI=1S/C20H37NO/c1-16-8-3-4-12-18(13-5-9-16)20(22)21-19-14-6-10-17(2)11-7-15-19/h16-19H,3-15H2,1-2H3,(H,21,22). The fourth-order valence-corrected chi connectivity index (χ4v) is 4.32. The van der Waals surface area contributed by atoms with E-state index < -0.39 is 0 Å². The summed E-state index contributed by atoms with van der Waals surface area (Å²) in [4.78, 5) is 12.7. The molecule has 0 aromatic rings. The Morgan fingerprint density at radius 1 is 0.682 bits per heavy atom. The molecule has 2 nitrogen and oxygen atoms in total. The maximum absolute atomic E-state index is 12.7. The van der Waals surface area contributed by atoms with Crippen molar-refractivity contribution in [1.29, 1.82) is 0 Å². The van der Waals surface area contributed by atoms with Crippen LogP contribution in [0.2, 0.25) is 0 Å². The summed E-state index contributed by atoms with van der Waals surface area (Å²) in [5.41, 5.74) is 0. The van der Waals surface area contributed by atoms with Crippen molar-refractivity contribution >= 4 is 5.91 Å². The molecule has 2 aliphatic rings. The molecule has 0 spiro atoms. The van der Waals surface area contributed by atoms with Crippen LogP contribution in [0.15, 0.2) is 0 Å². The molecule has 2 aliphatic carbocycles. The lowest BCUT2D eigenvalue weighted by molar-refractivity contribution is -0.126. The monoisotopic (exact) mass is 307 g/mol. The summed E-state index contributed by atoms with van der Waals surface area (Å²) in [5, 5.41) is 3.41. The molecule has 0 radical (unpaired) electrons. The molecule has 128 valence electrons. The van der Waals surface area contributed by atoms with Crippen LogP contribution in [0.5, 0.6) is 0 Å². The molecule has 1 amide bonds. The minimum absolute atomic E-state index is 0.287. The predicted molar refractivity (Wildman–Crippen MR) is 93.8 cm³/mol. The number of carbonyl (C=O) groups is 1. The number of rotatable bonds is 2. The summed E-state index contributed by atoms with van der Waals surface area (Å²) in [7, 11) is 0. The largest absolute Gasteiger partial charge is 0.353 e. The van der Waals surface area contributed by atoms with Crippen molar-refractivity contribution in [2.24, 2.45) is 17.8 Å². The molecule has 2 atom stereocenters. The van der Waals surface area contributed by atoms with Crippen LogP contribution in [0.4, 0.5) is 0 Å². The zero-order chi connectivity index (χ0) is 15.8. The summed E-state index contributed by atoms with van der Waals surface area (Å²) >= 11 is 0. The first-order chi connectivity index (χ1) is 10.6. The average molecular weight is 308 g/mol. The van der Waals surface area contributed by atoms with E-state index in [1.165, 1.54) is 70.6 Å². The Balaban J connectivity index is 1.79. The quantitative estimate of drug-likeness (QED) is 0.721. The van der Waals surface area contributed by atoms with Crippen molar-refractivity contribution in [2.45, 2.75) is 103 Å². The molecule has 0 aliphatic heterocycles. The first-order valence-corrected chi connectivity index (χ1v) is 9.95. The molecule has 0 heterocycles. The van der Waals surface area contributed by atoms with Gasteiger partial charge in [-0.15, -0.1) is 0 Å². The van der Waals surface area contributed by atoms with E-state index in [0.717, 1.165) is 24.7 Å². The van der Waals surface area contributed by atoms with Crippen LogP contribution in [0.3, 0.4) is 0 Å². The Bertz CT molecular complexity index is 318. The highest BCUT2D eigenvalue weighted by Crippen LogP contribution is 2.26. The van der Waals surface area contributed by atoms with Gasteiger partial charge in [-0.2, -0.15) is 0 Å². The summed E-state index contributed by atoms with van der Waals surface area (Å²) < 4.78 is 0. The minimum Gasteiger partial charge on any atom is -0.353 e. The van der Waals surface area contributed by atoms with Crippen molar-refractivity contribution in [3.8, 4) is 0 Å². The summed E-state index contributed by atoms with van der Waals surface area (Å²) in [6.07, 6.45) is 16.3. The lowest BCUT2D eigenvalue weighted by atomic mass is 9.89. The zero-order valence-electron chi connectivity index (χ0n) is 14.9. The van der Waals surface area contributed by atoms with E-state index in [2.05, 4.69) is 19.2 Å². The number of nitrogens with one attached hydrogen (secondary N) is 1. The summed E-state index contributed by atoms with van der Waals surface area (Å²) in [6.45, 7) is 4.74. The molecule has 0 saturated heterocycles. The molecule has 1 N–H and O–H groups in total. The van der Waals surface area contributed by atoms with Gasteiger partial charge in [0.2, 0.25) is 5.91 Å². The van der Waals surface area contributed by atoms with Crippen LogP contribution in [-0.4, -0.2) is 11.9 Å². The Kier molecular flexibility index (Phi) is 7.75. The van der Waals surface area contributed by atoms with E-state index in [0.29, 0.717) is 11.9 Å². The van der Waals surface area contributed by atoms with Gasteiger partial charge in [0.05, 0.1) is 0 Å². The summed E-state index contributed by atoms with van der Waals surface area (Å²) in [5.74, 6) is 2.39. The summed E-state index contributed by atoms with van der Waals surface area (Å²) in [6, 6.07) is 0.451. The predicted octanol–water partition coefficient (Wildman–Crippen LogP) is 5.46. The second kappa shape index (κ2) is 9.57. The fourth-order valence-electron chi connectivity index (χ4n) is 4.32. The molecule has 22 heavy (non-hydrogen) atoms. The van der Waals surface area contributed by atoms with Gasteiger partial charge in [-0.3, -0.25) is 4.79 Å². The minimum atomic E-state index is 0.287. The Hall–Kier alpha value is -0.530. The van der Waals surface area contributed by atoms with E-state index in [4.69, 9.17) is 0 Å². The molecule has 0 aromatic heterocycles. The van der Waals surface area contributed by atoms with Gasteiger partial charge in [0, 0.05) is 12.0 Å². The van der Waals surface area contributed by atoms with Crippen LogP contribution < -0.4 is 5.32 Å². The topological polar surface area (TPSA) is 29.1 Å². The van der Waals surface area contributed by atoms with Crippen molar-refractivity contribution in [3.05, 3.63) is 0 Å². The normalized spacial score (nSPS) is 35.4.